The Kier molecular flexibility index (Phi) is 36.1. The number of carbonyl (C=O) groups is 1. The molecule has 0 bridgehead atoms. The minimum Gasteiger partial charge on any atom is -0.394 e. The van der Waals surface area contributed by atoms with E-state index in [1.54, 1.807) is 6.08 Å². The molecule has 3 aliphatic rings. The Morgan fingerprint density at radius 3 is 1.31 bits per heavy atom. The topological polar surface area (TPSA) is 307 Å². The smallest absolute Gasteiger partial charge is 0.220 e. The maximum atomic E-state index is 13.3. The number of aliphatic hydroxyl groups is 11. The van der Waals surface area contributed by atoms with Crippen molar-refractivity contribution >= 4 is 5.91 Å². The molecule has 3 saturated heterocycles. The molecule has 17 unspecified atom stereocenters. The number of aliphatic hydroxyl groups excluding tert-OH is 11. The number of unbranched alkanes of at least 4 members (excludes halogenated alkanes) is 21. The van der Waals surface area contributed by atoms with Gasteiger partial charge in [0.2, 0.25) is 5.91 Å². The molecule has 0 aromatic carbocycles. The number of allylic oxidation sites excluding steroid dienone is 5. The molecular formula is C56H101NO18. The fourth-order valence-electron chi connectivity index (χ4n) is 9.64. The molecule has 12 N–H and O–H groups in total. The van der Waals surface area contributed by atoms with E-state index in [0.29, 0.717) is 12.8 Å². The van der Waals surface area contributed by atoms with Crippen LogP contribution in [0.25, 0.3) is 0 Å². The van der Waals surface area contributed by atoms with E-state index in [1.807, 2.05) is 6.08 Å². The van der Waals surface area contributed by atoms with Crippen molar-refractivity contribution in [3.8, 4) is 0 Å². The molecule has 3 rings (SSSR count). The van der Waals surface area contributed by atoms with E-state index in [1.165, 1.54) is 96.3 Å². The Labute approximate surface area is 447 Å². The normalized spacial score (nSPS) is 31.5. The molecule has 3 fully saturated rings. The summed E-state index contributed by atoms with van der Waals surface area (Å²) in [5, 5.41) is 120. The molecule has 0 aromatic heterocycles. The van der Waals surface area contributed by atoms with Crippen LogP contribution in [0.5, 0.6) is 0 Å². The predicted molar refractivity (Wildman–Crippen MR) is 282 cm³/mol. The number of ether oxygens (including phenoxy) is 6. The summed E-state index contributed by atoms with van der Waals surface area (Å²) in [7, 11) is 0. The van der Waals surface area contributed by atoms with Crippen LogP contribution in [0.4, 0.5) is 0 Å². The Hall–Kier alpha value is -1.99. The van der Waals surface area contributed by atoms with Crippen LogP contribution in [-0.4, -0.2) is 193 Å². The minimum absolute atomic E-state index is 0.235. The summed E-state index contributed by atoms with van der Waals surface area (Å²) < 4.78 is 34.1. The fourth-order valence-corrected chi connectivity index (χ4v) is 9.64. The van der Waals surface area contributed by atoms with Gasteiger partial charge in [-0.1, -0.05) is 172 Å². The van der Waals surface area contributed by atoms with E-state index < -0.39 is 124 Å². The van der Waals surface area contributed by atoms with Crippen molar-refractivity contribution in [1.29, 1.82) is 0 Å². The quantitative estimate of drug-likeness (QED) is 0.0302. The SMILES string of the molecule is CCC/C=C/CC/C=C/CC/C=C/C(O)C(COC1OC(CO)C(OC2OC(CO)C(OC3OC(CO)C(O)C(O)C3O)C(O)C2O)C(O)C1O)NC(=O)CCCCCCCCCCCCCCCCCCCCC. The zero-order chi connectivity index (χ0) is 54.8. The van der Waals surface area contributed by atoms with Gasteiger partial charge in [0.15, 0.2) is 18.9 Å². The maximum Gasteiger partial charge on any atom is 0.220 e. The van der Waals surface area contributed by atoms with Gasteiger partial charge in [-0.25, -0.2) is 0 Å². The average molecular weight is 1080 g/mol. The molecule has 1 amide bonds. The Balaban J connectivity index is 1.50. The minimum atomic E-state index is -1.98. The lowest BCUT2D eigenvalue weighted by Crippen LogP contribution is -2.66. The number of hydrogen-bond acceptors (Lipinski definition) is 18. The predicted octanol–water partition coefficient (Wildman–Crippen LogP) is 4.15. The fraction of sp³-hybridized carbons (Fsp3) is 0.875. The number of hydrogen-bond donors (Lipinski definition) is 12. The molecule has 438 valence electrons. The van der Waals surface area contributed by atoms with Gasteiger partial charge in [-0.05, 0) is 38.5 Å². The van der Waals surface area contributed by atoms with Crippen molar-refractivity contribution in [3.05, 3.63) is 36.5 Å². The van der Waals surface area contributed by atoms with Crippen molar-refractivity contribution in [2.24, 2.45) is 0 Å². The van der Waals surface area contributed by atoms with E-state index in [9.17, 15) is 61.0 Å². The lowest BCUT2D eigenvalue weighted by atomic mass is 9.96. The van der Waals surface area contributed by atoms with Crippen LogP contribution >= 0.6 is 0 Å². The maximum absolute atomic E-state index is 13.3. The van der Waals surface area contributed by atoms with E-state index in [0.717, 1.165) is 51.4 Å². The van der Waals surface area contributed by atoms with Gasteiger partial charge >= 0.3 is 0 Å². The van der Waals surface area contributed by atoms with Crippen LogP contribution < -0.4 is 5.32 Å². The number of rotatable bonds is 41. The highest BCUT2D eigenvalue weighted by atomic mass is 16.8. The molecule has 0 aromatic rings. The second kappa shape index (κ2) is 40.2. The largest absolute Gasteiger partial charge is 0.394 e. The Bertz CT molecular complexity index is 1520. The standard InChI is InChI=1S/C56H101NO18/c1-3-5-7-9-11-13-15-16-17-18-19-20-21-22-24-26-28-30-32-34-44(62)57-39(40(61)33-31-29-27-25-23-14-12-10-8-6-4-2)38-70-54-50(68)47(65)52(42(36-59)72-54)75-56-51(69)48(66)53(43(37-60)73-56)74-55-49(67)46(64)45(63)41(35-58)71-55/h8,10,23,25,31,33,39-43,45-56,58-61,63-69H,3-7,9,11-22,24,26-30,32,34-38H2,1-2H3,(H,57,62)/b10-8+,25-23+,33-31+. The highest BCUT2D eigenvalue weighted by molar-refractivity contribution is 5.76. The van der Waals surface area contributed by atoms with Gasteiger partial charge in [0, 0.05) is 6.42 Å². The number of carbonyl (C=O) groups excluding carboxylic acids is 1. The van der Waals surface area contributed by atoms with Gasteiger partial charge < -0.3 is 89.9 Å². The van der Waals surface area contributed by atoms with Crippen LogP contribution in [0.2, 0.25) is 0 Å². The molecule has 3 aliphatic heterocycles. The first-order valence-corrected chi connectivity index (χ1v) is 28.7. The lowest BCUT2D eigenvalue weighted by molar-refractivity contribution is -0.379. The van der Waals surface area contributed by atoms with Crippen molar-refractivity contribution < 1.29 is 89.4 Å². The van der Waals surface area contributed by atoms with E-state index in [2.05, 4.69) is 43.5 Å². The van der Waals surface area contributed by atoms with Gasteiger partial charge in [0.05, 0.1) is 38.6 Å². The van der Waals surface area contributed by atoms with Gasteiger partial charge in [0.1, 0.15) is 73.2 Å². The van der Waals surface area contributed by atoms with Crippen LogP contribution in [0.15, 0.2) is 36.5 Å². The van der Waals surface area contributed by atoms with Crippen molar-refractivity contribution in [2.75, 3.05) is 26.4 Å². The molecule has 75 heavy (non-hydrogen) atoms. The van der Waals surface area contributed by atoms with E-state index in [-0.39, 0.29) is 18.9 Å². The molecule has 0 spiro atoms. The Morgan fingerprint density at radius 1 is 0.467 bits per heavy atom. The first-order valence-electron chi connectivity index (χ1n) is 28.7. The second-order valence-electron chi connectivity index (χ2n) is 20.7. The van der Waals surface area contributed by atoms with Crippen LogP contribution in [0.3, 0.4) is 0 Å². The van der Waals surface area contributed by atoms with Crippen LogP contribution in [0.1, 0.15) is 181 Å². The summed E-state index contributed by atoms with van der Waals surface area (Å²) in [6.07, 6.45) is 14.4. The van der Waals surface area contributed by atoms with Crippen LogP contribution in [0, 0.1) is 0 Å². The third-order valence-corrected chi connectivity index (χ3v) is 14.4. The van der Waals surface area contributed by atoms with Gasteiger partial charge in [-0.2, -0.15) is 0 Å². The molecule has 19 nitrogen and oxygen atoms in total. The second-order valence-corrected chi connectivity index (χ2v) is 20.7. The molecule has 3 heterocycles. The third-order valence-electron chi connectivity index (χ3n) is 14.4. The molecule has 0 saturated carbocycles. The first-order chi connectivity index (χ1) is 36.3. The highest BCUT2D eigenvalue weighted by Gasteiger charge is 2.53. The molecule has 0 aliphatic carbocycles. The van der Waals surface area contributed by atoms with Gasteiger partial charge in [0.25, 0.3) is 0 Å². The van der Waals surface area contributed by atoms with Crippen LogP contribution in [-0.2, 0) is 33.2 Å². The molecular weight excluding hydrogens is 975 g/mol. The van der Waals surface area contributed by atoms with Gasteiger partial charge in [-0.3, -0.25) is 4.79 Å². The van der Waals surface area contributed by atoms with Crippen molar-refractivity contribution in [3.63, 3.8) is 0 Å². The van der Waals surface area contributed by atoms with E-state index in [4.69, 9.17) is 28.4 Å². The summed E-state index contributed by atoms with van der Waals surface area (Å²) >= 11 is 0. The van der Waals surface area contributed by atoms with E-state index >= 15 is 0 Å². The van der Waals surface area contributed by atoms with Crippen molar-refractivity contribution in [1.82, 2.24) is 5.32 Å². The molecule has 0 radical (unpaired) electrons. The van der Waals surface area contributed by atoms with Gasteiger partial charge in [-0.15, -0.1) is 0 Å². The molecule has 17 atom stereocenters. The number of amides is 1. The monoisotopic (exact) mass is 1080 g/mol. The Morgan fingerprint density at radius 2 is 0.853 bits per heavy atom. The summed E-state index contributed by atoms with van der Waals surface area (Å²) in [6, 6.07) is -0.991. The summed E-state index contributed by atoms with van der Waals surface area (Å²) in [6.45, 7) is 1.60. The summed E-state index contributed by atoms with van der Waals surface area (Å²) in [5.41, 5.74) is 0. The van der Waals surface area contributed by atoms with Crippen molar-refractivity contribution in [2.45, 2.75) is 285 Å². The average Bonchev–Trinajstić information content (AvgIpc) is 3.41. The summed E-state index contributed by atoms with van der Waals surface area (Å²) in [4.78, 5) is 13.3. The summed E-state index contributed by atoms with van der Waals surface area (Å²) in [5.74, 6) is -0.291. The third kappa shape index (κ3) is 24.9. The zero-order valence-electron chi connectivity index (χ0n) is 45.3. The highest BCUT2D eigenvalue weighted by Crippen LogP contribution is 2.33. The first kappa shape index (κ1) is 67.3. The zero-order valence-corrected chi connectivity index (χ0v) is 45.3. The number of nitrogens with one attached hydrogen (secondary N) is 1. The lowest BCUT2D eigenvalue weighted by Gasteiger charge is -2.48. The molecule has 19 heteroatoms.